The molecule has 0 saturated heterocycles. The summed E-state index contributed by atoms with van der Waals surface area (Å²) in [5, 5.41) is 0. The first-order valence-corrected chi connectivity index (χ1v) is 3.12. The first-order chi connectivity index (χ1) is 1.73. The van der Waals surface area contributed by atoms with Crippen LogP contribution in [-0.2, 0) is 0 Å². The van der Waals surface area contributed by atoms with Gasteiger partial charge in [0.25, 0.3) is 0 Å². The van der Waals surface area contributed by atoms with Gasteiger partial charge in [0.2, 0.25) is 0 Å². The van der Waals surface area contributed by atoms with Crippen LogP contribution in [0.25, 0.3) is 0 Å². The molecular formula is H3AsO3. The van der Waals surface area contributed by atoms with Crippen molar-refractivity contribution < 1.29 is 12.3 Å². The van der Waals surface area contributed by atoms with Crippen molar-refractivity contribution in [2.24, 2.45) is 0 Å². The molecule has 3 N–H and O–H groups in total. The molecule has 0 amide bonds. The third kappa shape index (κ3) is 26.2. The molecule has 0 rings (SSSR count). The fourth-order valence-electron chi connectivity index (χ4n) is 0. The van der Waals surface area contributed by atoms with E-state index in [-0.39, 0.29) is 0 Å². The van der Waals surface area contributed by atoms with Crippen LogP contribution in [0.3, 0.4) is 0 Å². The summed E-state index contributed by atoms with van der Waals surface area (Å²) in [6, 6.07) is 0. The van der Waals surface area contributed by atoms with Gasteiger partial charge in [0.15, 0.2) is 0 Å². The summed E-state index contributed by atoms with van der Waals surface area (Å²) < 4.78 is 21.9. The van der Waals surface area contributed by atoms with E-state index in [1.165, 1.54) is 0 Å². The molecule has 0 aromatic carbocycles. The van der Waals surface area contributed by atoms with Gasteiger partial charge >= 0.3 is 28.0 Å². The van der Waals surface area contributed by atoms with E-state index in [0.717, 1.165) is 0 Å². The average Bonchev–Trinajstić information content (AvgIpc) is 0.811. The molecule has 0 aliphatic carbocycles. The van der Waals surface area contributed by atoms with Crippen LogP contribution in [0.5, 0.6) is 0 Å². The van der Waals surface area contributed by atoms with E-state index < -0.39 is 15.7 Å². The molecule has 0 atom stereocenters. The summed E-state index contributed by atoms with van der Waals surface area (Å²) >= 11 is -3.19. The van der Waals surface area contributed by atoms with E-state index in [9.17, 15) is 0 Å². The summed E-state index contributed by atoms with van der Waals surface area (Å²) in [7, 11) is 0. The normalized spacial score (nSPS) is 9.00. The van der Waals surface area contributed by atoms with E-state index in [1.54, 1.807) is 0 Å². The van der Waals surface area contributed by atoms with Gasteiger partial charge < -0.3 is 0 Å². The van der Waals surface area contributed by atoms with Crippen LogP contribution in [0, 0.1) is 0 Å². The first kappa shape index (κ1) is 4.44. The zero-order valence-corrected chi connectivity index (χ0v) is 3.67. The molecular weight excluding hydrogens is 123 g/mol. The van der Waals surface area contributed by atoms with Gasteiger partial charge in [0.1, 0.15) is 0 Å². The van der Waals surface area contributed by atoms with Gasteiger partial charge in [-0.25, -0.2) is 0 Å². The first-order valence-electron chi connectivity index (χ1n) is 0.600. The van der Waals surface area contributed by atoms with Crippen molar-refractivity contribution in [3.63, 3.8) is 0 Å². The molecule has 0 radical (unpaired) electrons. The predicted octanol–water partition coefficient (Wildman–Crippen LogP) is -2.05. The Hall–Kier alpha value is 0.438. The molecule has 0 aliphatic rings. The van der Waals surface area contributed by atoms with Gasteiger partial charge in [0.05, 0.1) is 0 Å². The van der Waals surface area contributed by atoms with Gasteiger partial charge in [0, 0.05) is 0 Å². The zero-order valence-electron chi connectivity index (χ0n) is 1.79. The maximum absolute atomic E-state index is 7.31. The molecule has 0 aliphatic heterocycles. The van der Waals surface area contributed by atoms with Gasteiger partial charge in [-0.05, 0) is 0 Å². The van der Waals surface area contributed by atoms with Crippen molar-refractivity contribution in [1.82, 2.24) is 0 Å². The average molecular weight is 126 g/mol. The van der Waals surface area contributed by atoms with Crippen molar-refractivity contribution in [3.05, 3.63) is 0 Å². The van der Waals surface area contributed by atoms with E-state index in [4.69, 9.17) is 12.3 Å². The summed E-state index contributed by atoms with van der Waals surface area (Å²) in [4.78, 5) is 0. The van der Waals surface area contributed by atoms with Crippen LogP contribution in [-0.4, -0.2) is 28.0 Å². The Morgan fingerprint density at radius 3 is 1.00 bits per heavy atom. The Morgan fingerprint density at radius 1 is 1.00 bits per heavy atom. The summed E-state index contributed by atoms with van der Waals surface area (Å²) in [6.45, 7) is 0. The molecule has 26 valence electrons. The molecule has 0 aromatic heterocycles. The quantitative estimate of drug-likeness (QED) is 0.327. The van der Waals surface area contributed by atoms with Crippen LogP contribution in [0.1, 0.15) is 0 Å². The van der Waals surface area contributed by atoms with Crippen molar-refractivity contribution in [1.29, 1.82) is 0 Å². The molecule has 0 fully saturated rings. The molecule has 0 spiro atoms. The third-order valence-electron chi connectivity index (χ3n) is 0. The van der Waals surface area contributed by atoms with E-state index in [2.05, 4.69) is 0 Å². The Kier molecular flexibility index (Phi) is 1.92. The zero-order chi connectivity index (χ0) is 3.58. The molecule has 0 unspecified atom stereocenters. The van der Waals surface area contributed by atoms with Gasteiger partial charge in [-0.15, -0.1) is 0 Å². The molecule has 0 aromatic rings. The van der Waals surface area contributed by atoms with E-state index in [0.29, 0.717) is 0 Å². The van der Waals surface area contributed by atoms with Crippen LogP contribution in [0.2, 0.25) is 0 Å². The second-order valence-electron chi connectivity index (χ2n) is 0.268. The maximum atomic E-state index is 7.31. The second-order valence-corrected chi connectivity index (χ2v) is 1.39. The number of hydrogen-bond donors (Lipinski definition) is 3. The van der Waals surface area contributed by atoms with Gasteiger partial charge in [-0.1, -0.05) is 0 Å². The van der Waals surface area contributed by atoms with Gasteiger partial charge in [-0.3, -0.25) is 0 Å². The Bertz CT molecular complexity index is 8.00. The van der Waals surface area contributed by atoms with Crippen molar-refractivity contribution in [2.75, 3.05) is 0 Å². The molecule has 0 bridgehead atoms. The second kappa shape index (κ2) is 1.73. The van der Waals surface area contributed by atoms with Crippen molar-refractivity contribution in [3.8, 4) is 0 Å². The summed E-state index contributed by atoms with van der Waals surface area (Å²) in [5.41, 5.74) is 0. The number of hydrogen-bond acceptors (Lipinski definition) is 3. The Morgan fingerprint density at radius 2 is 1.00 bits per heavy atom. The van der Waals surface area contributed by atoms with Crippen LogP contribution >= 0.6 is 0 Å². The molecule has 4 heavy (non-hydrogen) atoms. The molecule has 3 nitrogen and oxygen atoms in total. The Labute approximate surface area is 28.8 Å². The van der Waals surface area contributed by atoms with Crippen LogP contribution < -0.4 is 0 Å². The predicted molar refractivity (Wildman–Crippen MR) is 12.4 cm³/mol. The fraction of sp³-hybridized carbons (Fsp3) is 0. The topological polar surface area (TPSA) is 60.7 Å². The third-order valence-corrected chi connectivity index (χ3v) is 0. The monoisotopic (exact) mass is 126 g/mol. The van der Waals surface area contributed by atoms with Crippen LogP contribution in [0.4, 0.5) is 0 Å². The molecule has 0 heterocycles. The van der Waals surface area contributed by atoms with Crippen molar-refractivity contribution >= 4 is 15.7 Å². The standard InChI is InChI=1S/AsH3O3/c2-1(3)4/h2-4H. The van der Waals surface area contributed by atoms with E-state index in [1.807, 2.05) is 0 Å². The summed E-state index contributed by atoms with van der Waals surface area (Å²) in [5.74, 6) is 0. The SMILES string of the molecule is O[As](O)O. The van der Waals surface area contributed by atoms with Gasteiger partial charge in [-0.2, -0.15) is 0 Å². The minimum atomic E-state index is -3.19. The van der Waals surface area contributed by atoms with E-state index >= 15 is 0 Å². The van der Waals surface area contributed by atoms with Crippen molar-refractivity contribution in [2.45, 2.75) is 0 Å². The fourth-order valence-corrected chi connectivity index (χ4v) is 0. The Balaban J connectivity index is 2.32. The number of rotatable bonds is 0. The summed E-state index contributed by atoms with van der Waals surface area (Å²) in [6.07, 6.45) is 0. The molecule has 4 heteroatoms. The minimum absolute atomic E-state index is 3.19. The van der Waals surface area contributed by atoms with Crippen LogP contribution in [0.15, 0.2) is 0 Å². The molecule has 0 saturated carbocycles.